The molecule has 1 amide bonds. The number of ketones is 1. The van der Waals surface area contributed by atoms with Crippen LogP contribution in [0.3, 0.4) is 0 Å². The summed E-state index contributed by atoms with van der Waals surface area (Å²) in [5, 5.41) is -0.278. The van der Waals surface area contributed by atoms with E-state index in [4.69, 9.17) is 0 Å². The number of nitrogens with zero attached hydrogens (tertiary/aromatic N) is 3. The van der Waals surface area contributed by atoms with Gasteiger partial charge in [0.25, 0.3) is 0 Å². The van der Waals surface area contributed by atoms with E-state index < -0.39 is 9.84 Å². The molecular weight excluding hydrogens is 390 g/mol. The van der Waals surface area contributed by atoms with E-state index in [1.165, 1.54) is 23.5 Å². The lowest BCUT2D eigenvalue weighted by atomic mass is 10.0. The molecule has 0 N–H and O–H groups in total. The Kier molecular flexibility index (Phi) is 5.45. The predicted octanol–water partition coefficient (Wildman–Crippen LogP) is 3.23. The Bertz CT molecular complexity index is 1000. The molecule has 29 heavy (non-hydrogen) atoms. The van der Waals surface area contributed by atoms with Crippen molar-refractivity contribution in [3.8, 4) is 0 Å². The normalized spacial score (nSPS) is 19.3. The second-order valence-electron chi connectivity index (χ2n) is 7.72. The van der Waals surface area contributed by atoms with Crippen LogP contribution in [0, 0.1) is 5.92 Å². The van der Waals surface area contributed by atoms with Crippen LogP contribution in [-0.2, 0) is 19.4 Å². The largest absolute Gasteiger partial charge is 0.300 e. The average molecular weight is 413 g/mol. The lowest BCUT2D eigenvalue weighted by Gasteiger charge is -2.22. The van der Waals surface area contributed by atoms with Crippen LogP contribution in [0.1, 0.15) is 44.9 Å². The van der Waals surface area contributed by atoms with E-state index in [0.29, 0.717) is 43.6 Å². The second-order valence-corrected chi connectivity index (χ2v) is 9.95. The third-order valence-electron chi connectivity index (χ3n) is 5.53. The molecule has 1 heterocycles. The minimum Gasteiger partial charge on any atom is -0.300 e. The lowest BCUT2D eigenvalue weighted by molar-refractivity contribution is -0.119. The van der Waals surface area contributed by atoms with Crippen molar-refractivity contribution in [2.24, 2.45) is 5.92 Å². The number of Topliss-reactive ketones (excluding diaryl/α,β-unsaturated/α-hetero) is 1. The highest BCUT2D eigenvalue weighted by Gasteiger charge is 2.37. The van der Waals surface area contributed by atoms with Crippen LogP contribution in [0.2, 0.25) is 0 Å². The molecule has 8 heteroatoms. The van der Waals surface area contributed by atoms with E-state index in [2.05, 4.69) is 9.97 Å². The van der Waals surface area contributed by atoms with Gasteiger partial charge >= 0.3 is 0 Å². The molecule has 1 atom stereocenters. The number of carbonyl (C=O) groups is 2. The van der Waals surface area contributed by atoms with Crippen molar-refractivity contribution in [2.75, 3.05) is 4.90 Å². The summed E-state index contributed by atoms with van der Waals surface area (Å²) in [6, 6.07) is 6.38. The quantitative estimate of drug-likeness (QED) is 0.691. The highest BCUT2D eigenvalue weighted by Crippen LogP contribution is 2.35. The number of hydrogen-bond donors (Lipinski definition) is 0. The van der Waals surface area contributed by atoms with E-state index in [0.717, 1.165) is 6.42 Å². The molecule has 0 bridgehead atoms. The third kappa shape index (κ3) is 4.37. The molecule has 0 spiro atoms. The fourth-order valence-corrected chi connectivity index (χ4v) is 5.40. The Hall–Kier alpha value is -2.61. The van der Waals surface area contributed by atoms with Gasteiger partial charge in [-0.15, -0.1) is 0 Å². The van der Waals surface area contributed by atoms with Gasteiger partial charge in [-0.25, -0.2) is 13.4 Å². The van der Waals surface area contributed by atoms with E-state index in [9.17, 15) is 18.0 Å². The molecule has 2 aliphatic rings. The first-order valence-corrected chi connectivity index (χ1v) is 11.4. The lowest BCUT2D eigenvalue weighted by Crippen LogP contribution is -2.27. The Balaban J connectivity index is 1.55. The van der Waals surface area contributed by atoms with E-state index >= 15 is 0 Å². The standard InChI is InChI=1S/C21H23N3O4S/c25-17-5-1-15(13-17)2-10-21(26)24(20-14-22-11-12-23-20)16-3-6-18(7-4-16)29(27,28)19-8-9-19/h3-4,6-7,11-12,14-15,19H,1-2,5,8-10,13H2. The Morgan fingerprint density at radius 3 is 2.45 bits per heavy atom. The monoisotopic (exact) mass is 413 g/mol. The molecule has 2 aliphatic carbocycles. The van der Waals surface area contributed by atoms with Crippen molar-refractivity contribution < 1.29 is 18.0 Å². The summed E-state index contributed by atoms with van der Waals surface area (Å²) in [4.78, 5) is 34.6. The molecule has 1 aromatic heterocycles. The number of sulfone groups is 1. The van der Waals surface area contributed by atoms with Gasteiger partial charge in [-0.2, -0.15) is 0 Å². The van der Waals surface area contributed by atoms with Crippen LogP contribution < -0.4 is 4.90 Å². The summed E-state index contributed by atoms with van der Waals surface area (Å²) in [6.45, 7) is 0. The van der Waals surface area contributed by atoms with Gasteiger partial charge in [-0.3, -0.25) is 19.5 Å². The van der Waals surface area contributed by atoms with Gasteiger partial charge in [0, 0.05) is 31.7 Å². The highest BCUT2D eigenvalue weighted by atomic mass is 32.2. The molecule has 152 valence electrons. The summed E-state index contributed by atoms with van der Waals surface area (Å²) >= 11 is 0. The highest BCUT2D eigenvalue weighted by molar-refractivity contribution is 7.92. The van der Waals surface area contributed by atoms with Crippen molar-refractivity contribution in [3.63, 3.8) is 0 Å². The molecule has 0 radical (unpaired) electrons. The van der Waals surface area contributed by atoms with Gasteiger partial charge < -0.3 is 0 Å². The smallest absolute Gasteiger partial charge is 0.232 e. The molecular formula is C21H23N3O4S. The minimum absolute atomic E-state index is 0.150. The number of benzene rings is 1. The van der Waals surface area contributed by atoms with Gasteiger partial charge in [0.2, 0.25) is 5.91 Å². The van der Waals surface area contributed by atoms with Crippen molar-refractivity contribution in [2.45, 2.75) is 55.1 Å². The maximum Gasteiger partial charge on any atom is 0.232 e. The number of aromatic nitrogens is 2. The van der Waals surface area contributed by atoms with Crippen LogP contribution in [-0.4, -0.2) is 35.3 Å². The van der Waals surface area contributed by atoms with Crippen molar-refractivity contribution in [1.82, 2.24) is 9.97 Å². The number of carbonyl (C=O) groups excluding carboxylic acids is 2. The Morgan fingerprint density at radius 1 is 1.10 bits per heavy atom. The molecule has 2 fully saturated rings. The molecule has 2 saturated carbocycles. The second kappa shape index (κ2) is 8.02. The maximum atomic E-state index is 13.0. The minimum atomic E-state index is -3.28. The van der Waals surface area contributed by atoms with Gasteiger partial charge in [-0.1, -0.05) is 0 Å². The van der Waals surface area contributed by atoms with Crippen LogP contribution in [0.25, 0.3) is 0 Å². The van der Waals surface area contributed by atoms with E-state index in [1.54, 1.807) is 24.3 Å². The maximum absolute atomic E-state index is 13.0. The zero-order chi connectivity index (χ0) is 20.4. The van der Waals surface area contributed by atoms with Crippen LogP contribution in [0.5, 0.6) is 0 Å². The summed E-state index contributed by atoms with van der Waals surface area (Å²) in [5.41, 5.74) is 0.549. The molecule has 1 unspecified atom stereocenters. The number of hydrogen-bond acceptors (Lipinski definition) is 6. The topological polar surface area (TPSA) is 97.3 Å². The molecule has 2 aromatic rings. The molecule has 4 rings (SSSR count). The zero-order valence-corrected chi connectivity index (χ0v) is 16.8. The van der Waals surface area contributed by atoms with Crippen LogP contribution >= 0.6 is 0 Å². The number of anilines is 2. The predicted molar refractivity (Wildman–Crippen MR) is 107 cm³/mol. The van der Waals surface area contributed by atoms with Gasteiger partial charge in [0.1, 0.15) is 5.78 Å². The fourth-order valence-electron chi connectivity index (χ4n) is 3.74. The van der Waals surface area contributed by atoms with Crippen molar-refractivity contribution in [3.05, 3.63) is 42.9 Å². The van der Waals surface area contributed by atoms with E-state index in [1.807, 2.05) is 0 Å². The first-order chi connectivity index (χ1) is 13.9. The van der Waals surface area contributed by atoms with E-state index in [-0.39, 0.29) is 34.2 Å². The zero-order valence-electron chi connectivity index (χ0n) is 16.0. The summed E-state index contributed by atoms with van der Waals surface area (Å²) in [7, 11) is -3.28. The Labute approximate surface area is 170 Å². The number of rotatable bonds is 7. The van der Waals surface area contributed by atoms with Gasteiger partial charge in [-0.05, 0) is 55.9 Å². The van der Waals surface area contributed by atoms with Crippen LogP contribution in [0.15, 0.2) is 47.8 Å². The van der Waals surface area contributed by atoms with Gasteiger partial charge in [0.15, 0.2) is 15.7 Å². The first-order valence-electron chi connectivity index (χ1n) is 9.90. The van der Waals surface area contributed by atoms with Crippen molar-refractivity contribution >= 4 is 33.0 Å². The molecule has 0 aliphatic heterocycles. The van der Waals surface area contributed by atoms with Crippen LogP contribution in [0.4, 0.5) is 11.5 Å². The molecule has 1 aromatic carbocycles. The molecule has 0 saturated heterocycles. The fraction of sp³-hybridized carbons (Fsp3) is 0.429. The summed E-state index contributed by atoms with van der Waals surface area (Å²) < 4.78 is 24.9. The summed E-state index contributed by atoms with van der Waals surface area (Å²) in [6.07, 6.45) is 8.88. The SMILES string of the molecule is O=C1CCC(CCC(=O)N(c2ccc(S(=O)(=O)C3CC3)cc2)c2cnccn2)C1. The first kappa shape index (κ1) is 19.7. The number of amides is 1. The molecule has 7 nitrogen and oxygen atoms in total. The Morgan fingerprint density at radius 2 is 1.86 bits per heavy atom. The average Bonchev–Trinajstić information content (AvgIpc) is 3.51. The summed E-state index contributed by atoms with van der Waals surface area (Å²) in [5.74, 6) is 0.752. The van der Waals surface area contributed by atoms with Crippen molar-refractivity contribution in [1.29, 1.82) is 0 Å². The van der Waals surface area contributed by atoms with Gasteiger partial charge in [0.05, 0.1) is 22.0 Å². The third-order valence-corrected chi connectivity index (χ3v) is 7.81.